The van der Waals surface area contributed by atoms with Gasteiger partial charge in [0.1, 0.15) is 0 Å². The standard InChI is InChI=1S/C10H19N3O2/c1-10(2,5-8(11)14)13-9(15)6-12-7-3-4-7/h7,12H,3-6H2,1-2H3,(H2,11,14)(H,13,15). The zero-order valence-electron chi connectivity index (χ0n) is 9.30. The van der Waals surface area contributed by atoms with E-state index >= 15 is 0 Å². The summed E-state index contributed by atoms with van der Waals surface area (Å²) in [7, 11) is 0. The quantitative estimate of drug-likeness (QED) is 0.556. The van der Waals surface area contributed by atoms with Crippen LogP contribution in [0.1, 0.15) is 33.1 Å². The van der Waals surface area contributed by atoms with Crippen molar-refractivity contribution in [1.29, 1.82) is 0 Å². The van der Waals surface area contributed by atoms with Crippen molar-refractivity contribution in [3.63, 3.8) is 0 Å². The zero-order valence-corrected chi connectivity index (χ0v) is 9.30. The monoisotopic (exact) mass is 213 g/mol. The lowest BCUT2D eigenvalue weighted by atomic mass is 10.0. The Labute approximate surface area is 89.8 Å². The molecule has 1 saturated carbocycles. The fraction of sp³-hybridized carbons (Fsp3) is 0.800. The fourth-order valence-corrected chi connectivity index (χ4v) is 1.43. The van der Waals surface area contributed by atoms with Crippen LogP contribution in [0.4, 0.5) is 0 Å². The molecule has 0 aliphatic heterocycles. The van der Waals surface area contributed by atoms with E-state index in [1.54, 1.807) is 13.8 Å². The van der Waals surface area contributed by atoms with Crippen LogP contribution in [-0.2, 0) is 9.59 Å². The van der Waals surface area contributed by atoms with Crippen LogP contribution >= 0.6 is 0 Å². The molecule has 0 saturated heterocycles. The molecule has 4 N–H and O–H groups in total. The number of carbonyl (C=O) groups is 2. The van der Waals surface area contributed by atoms with E-state index in [2.05, 4.69) is 10.6 Å². The Bertz CT molecular complexity index is 259. The van der Waals surface area contributed by atoms with E-state index in [0.29, 0.717) is 12.6 Å². The molecule has 1 fully saturated rings. The first-order valence-electron chi connectivity index (χ1n) is 5.22. The topological polar surface area (TPSA) is 84.2 Å². The van der Waals surface area contributed by atoms with Gasteiger partial charge in [0.15, 0.2) is 0 Å². The SMILES string of the molecule is CC(C)(CC(N)=O)NC(=O)CNC1CC1. The van der Waals surface area contributed by atoms with Crippen molar-refractivity contribution in [2.75, 3.05) is 6.54 Å². The minimum Gasteiger partial charge on any atom is -0.370 e. The summed E-state index contributed by atoms with van der Waals surface area (Å²) in [6.07, 6.45) is 2.46. The number of carbonyl (C=O) groups excluding carboxylic acids is 2. The predicted molar refractivity (Wildman–Crippen MR) is 57.1 cm³/mol. The maximum Gasteiger partial charge on any atom is 0.234 e. The van der Waals surface area contributed by atoms with Crippen LogP contribution in [0.2, 0.25) is 0 Å². The molecule has 0 aromatic heterocycles. The molecule has 0 radical (unpaired) electrons. The third kappa shape index (κ3) is 5.37. The van der Waals surface area contributed by atoms with Crippen LogP contribution in [-0.4, -0.2) is 29.9 Å². The van der Waals surface area contributed by atoms with Gasteiger partial charge in [0, 0.05) is 18.0 Å². The number of hydrogen-bond donors (Lipinski definition) is 3. The minimum absolute atomic E-state index is 0.0897. The normalized spacial score (nSPS) is 16.1. The van der Waals surface area contributed by atoms with Crippen LogP contribution in [0.15, 0.2) is 0 Å². The molecule has 0 atom stereocenters. The molecule has 0 bridgehead atoms. The highest BCUT2D eigenvalue weighted by atomic mass is 16.2. The second-order valence-electron chi connectivity index (χ2n) is 4.73. The summed E-state index contributed by atoms with van der Waals surface area (Å²) in [5, 5.41) is 5.87. The zero-order chi connectivity index (χ0) is 11.5. The lowest BCUT2D eigenvalue weighted by molar-refractivity contribution is -0.123. The number of nitrogens with two attached hydrogens (primary N) is 1. The van der Waals surface area contributed by atoms with Crippen LogP contribution in [0.5, 0.6) is 0 Å². The third-order valence-electron chi connectivity index (χ3n) is 2.22. The molecule has 1 rings (SSSR count). The van der Waals surface area contributed by atoms with Crippen LogP contribution in [0, 0.1) is 0 Å². The summed E-state index contributed by atoms with van der Waals surface area (Å²) >= 11 is 0. The molecule has 15 heavy (non-hydrogen) atoms. The van der Waals surface area contributed by atoms with Crippen molar-refractivity contribution >= 4 is 11.8 Å². The van der Waals surface area contributed by atoms with E-state index in [1.165, 1.54) is 0 Å². The number of amides is 2. The molecule has 1 aliphatic carbocycles. The second kappa shape index (κ2) is 4.61. The molecule has 1 aliphatic rings. The van der Waals surface area contributed by atoms with Gasteiger partial charge in [0.2, 0.25) is 11.8 Å². The van der Waals surface area contributed by atoms with Gasteiger partial charge in [-0.1, -0.05) is 0 Å². The second-order valence-corrected chi connectivity index (χ2v) is 4.73. The summed E-state index contributed by atoms with van der Waals surface area (Å²) in [5.74, 6) is -0.497. The fourth-order valence-electron chi connectivity index (χ4n) is 1.43. The average molecular weight is 213 g/mol. The maximum absolute atomic E-state index is 11.4. The highest BCUT2D eigenvalue weighted by Crippen LogP contribution is 2.18. The average Bonchev–Trinajstić information content (AvgIpc) is 2.79. The number of hydrogen-bond acceptors (Lipinski definition) is 3. The Balaban J connectivity index is 2.24. The van der Waals surface area contributed by atoms with E-state index < -0.39 is 11.4 Å². The first kappa shape index (κ1) is 12.0. The van der Waals surface area contributed by atoms with Gasteiger partial charge in [0.25, 0.3) is 0 Å². The van der Waals surface area contributed by atoms with Crippen molar-refractivity contribution in [1.82, 2.24) is 10.6 Å². The van der Waals surface area contributed by atoms with Crippen molar-refractivity contribution in [3.05, 3.63) is 0 Å². The predicted octanol–water partition coefficient (Wildman–Crippen LogP) is -0.491. The molecular formula is C10H19N3O2. The van der Waals surface area contributed by atoms with E-state index in [9.17, 15) is 9.59 Å². The van der Waals surface area contributed by atoms with Gasteiger partial charge in [-0.3, -0.25) is 9.59 Å². The molecule has 2 amide bonds. The molecule has 0 aromatic rings. The molecule has 5 nitrogen and oxygen atoms in total. The Morgan fingerprint density at radius 2 is 2.00 bits per heavy atom. The van der Waals surface area contributed by atoms with Crippen molar-refractivity contribution < 1.29 is 9.59 Å². The first-order valence-corrected chi connectivity index (χ1v) is 5.22. The Morgan fingerprint density at radius 1 is 1.40 bits per heavy atom. The van der Waals surface area contributed by atoms with Crippen LogP contribution < -0.4 is 16.4 Å². The molecular weight excluding hydrogens is 194 g/mol. The largest absolute Gasteiger partial charge is 0.370 e. The van der Waals surface area contributed by atoms with Crippen LogP contribution in [0.25, 0.3) is 0 Å². The summed E-state index contributed by atoms with van der Waals surface area (Å²) in [6.45, 7) is 3.88. The van der Waals surface area contributed by atoms with Gasteiger partial charge in [0.05, 0.1) is 6.54 Å². The van der Waals surface area contributed by atoms with Gasteiger partial charge in [-0.2, -0.15) is 0 Å². The molecule has 5 heteroatoms. The summed E-state index contributed by atoms with van der Waals surface area (Å²) in [4.78, 5) is 22.2. The lowest BCUT2D eigenvalue weighted by Gasteiger charge is -2.24. The highest BCUT2D eigenvalue weighted by molar-refractivity contribution is 5.81. The van der Waals surface area contributed by atoms with Crippen molar-refractivity contribution in [2.24, 2.45) is 5.73 Å². The van der Waals surface area contributed by atoms with Gasteiger partial charge in [-0.25, -0.2) is 0 Å². The Kier molecular flexibility index (Phi) is 3.68. The smallest absolute Gasteiger partial charge is 0.234 e. The Morgan fingerprint density at radius 3 is 2.47 bits per heavy atom. The van der Waals surface area contributed by atoms with E-state index in [0.717, 1.165) is 12.8 Å². The van der Waals surface area contributed by atoms with Gasteiger partial charge in [-0.15, -0.1) is 0 Å². The number of rotatable bonds is 6. The molecule has 0 unspecified atom stereocenters. The van der Waals surface area contributed by atoms with Gasteiger partial charge < -0.3 is 16.4 Å². The maximum atomic E-state index is 11.4. The van der Waals surface area contributed by atoms with Gasteiger partial charge in [-0.05, 0) is 26.7 Å². The highest BCUT2D eigenvalue weighted by Gasteiger charge is 2.25. The third-order valence-corrected chi connectivity index (χ3v) is 2.22. The first-order chi connectivity index (χ1) is 6.89. The van der Waals surface area contributed by atoms with Gasteiger partial charge >= 0.3 is 0 Å². The minimum atomic E-state index is -0.561. The number of nitrogens with one attached hydrogen (secondary N) is 2. The van der Waals surface area contributed by atoms with Crippen LogP contribution in [0.3, 0.4) is 0 Å². The molecule has 86 valence electrons. The molecule has 0 spiro atoms. The summed E-state index contributed by atoms with van der Waals surface area (Å²) < 4.78 is 0. The molecule has 0 aromatic carbocycles. The summed E-state index contributed by atoms with van der Waals surface area (Å²) in [5.41, 5.74) is 4.52. The van der Waals surface area contributed by atoms with E-state index in [-0.39, 0.29) is 12.3 Å². The van der Waals surface area contributed by atoms with E-state index in [1.807, 2.05) is 0 Å². The number of primary amides is 1. The van der Waals surface area contributed by atoms with Crippen molar-refractivity contribution in [3.8, 4) is 0 Å². The van der Waals surface area contributed by atoms with E-state index in [4.69, 9.17) is 5.73 Å². The molecule has 0 heterocycles. The Hall–Kier alpha value is -1.10. The summed E-state index contributed by atoms with van der Waals surface area (Å²) in [6, 6.07) is 0.509. The van der Waals surface area contributed by atoms with Crippen molar-refractivity contribution in [2.45, 2.75) is 44.7 Å². The lowest BCUT2D eigenvalue weighted by Crippen LogP contribution is -2.49.